The van der Waals surface area contributed by atoms with Crippen molar-refractivity contribution in [2.24, 2.45) is 5.73 Å². The minimum absolute atomic E-state index is 0.0905. The van der Waals surface area contributed by atoms with Crippen LogP contribution >= 0.6 is 0 Å². The molecule has 0 unspecified atom stereocenters. The second kappa shape index (κ2) is 4.82. The average molecular weight is 182 g/mol. The molecule has 3 nitrogen and oxygen atoms in total. The molecule has 0 spiro atoms. The van der Waals surface area contributed by atoms with E-state index in [2.05, 4.69) is 13.2 Å². The normalized spacial score (nSPS) is 10.7. The van der Waals surface area contributed by atoms with Crippen molar-refractivity contribution >= 4 is 5.91 Å². The van der Waals surface area contributed by atoms with E-state index in [-0.39, 0.29) is 5.91 Å². The number of nitrogens with two attached hydrogens (primary N) is 1. The van der Waals surface area contributed by atoms with E-state index in [1.165, 1.54) is 0 Å². The van der Waals surface area contributed by atoms with Crippen molar-refractivity contribution in [1.82, 2.24) is 4.90 Å². The molecule has 0 saturated carbocycles. The molecule has 0 aromatic carbocycles. The molecule has 0 heterocycles. The zero-order chi connectivity index (χ0) is 10.5. The Morgan fingerprint density at radius 1 is 1.38 bits per heavy atom. The standard InChI is InChI=1S/C10H18N2O/c1-5-7-12(8-6-2)9(13)10(3,4)11/h5-6H,1-2,7-8,11H2,3-4H3. The first kappa shape index (κ1) is 11.9. The molecule has 0 bridgehead atoms. The Morgan fingerprint density at radius 3 is 2.00 bits per heavy atom. The van der Waals surface area contributed by atoms with Gasteiger partial charge in [-0.3, -0.25) is 4.79 Å². The summed E-state index contributed by atoms with van der Waals surface area (Å²) in [5.41, 5.74) is 4.85. The Morgan fingerprint density at radius 2 is 1.77 bits per heavy atom. The van der Waals surface area contributed by atoms with Crippen molar-refractivity contribution in [3.63, 3.8) is 0 Å². The molecular formula is C10H18N2O. The van der Waals surface area contributed by atoms with E-state index in [4.69, 9.17) is 5.73 Å². The summed E-state index contributed by atoms with van der Waals surface area (Å²) in [5, 5.41) is 0. The van der Waals surface area contributed by atoms with Gasteiger partial charge in [0.2, 0.25) is 5.91 Å². The molecule has 13 heavy (non-hydrogen) atoms. The molecular weight excluding hydrogens is 164 g/mol. The van der Waals surface area contributed by atoms with E-state index in [9.17, 15) is 4.79 Å². The SMILES string of the molecule is C=CCN(CC=C)C(=O)C(C)(C)N. The van der Waals surface area contributed by atoms with Crippen LogP contribution < -0.4 is 5.73 Å². The number of nitrogens with zero attached hydrogens (tertiary/aromatic N) is 1. The maximum absolute atomic E-state index is 11.6. The van der Waals surface area contributed by atoms with Gasteiger partial charge in [-0.1, -0.05) is 12.2 Å². The predicted octanol–water partition coefficient (Wildman–Crippen LogP) is 0.924. The van der Waals surface area contributed by atoms with Gasteiger partial charge in [0.1, 0.15) is 0 Å². The van der Waals surface area contributed by atoms with Crippen LogP contribution in [0.1, 0.15) is 13.8 Å². The van der Waals surface area contributed by atoms with E-state index in [1.807, 2.05) is 0 Å². The van der Waals surface area contributed by atoms with Gasteiger partial charge in [0.15, 0.2) is 0 Å². The first-order valence-electron chi connectivity index (χ1n) is 4.23. The van der Waals surface area contributed by atoms with E-state index in [0.29, 0.717) is 13.1 Å². The van der Waals surface area contributed by atoms with Crippen molar-refractivity contribution < 1.29 is 4.79 Å². The van der Waals surface area contributed by atoms with Gasteiger partial charge < -0.3 is 10.6 Å². The minimum atomic E-state index is -0.827. The van der Waals surface area contributed by atoms with Crippen LogP contribution in [0.15, 0.2) is 25.3 Å². The zero-order valence-corrected chi connectivity index (χ0v) is 8.42. The molecule has 0 aromatic heterocycles. The topological polar surface area (TPSA) is 46.3 Å². The Hall–Kier alpha value is -1.09. The van der Waals surface area contributed by atoms with Crippen molar-refractivity contribution in [3.05, 3.63) is 25.3 Å². The second-order valence-electron chi connectivity index (χ2n) is 3.51. The van der Waals surface area contributed by atoms with E-state index >= 15 is 0 Å². The Balaban J connectivity index is 4.44. The lowest BCUT2D eigenvalue weighted by Gasteiger charge is -2.27. The number of carbonyl (C=O) groups is 1. The molecule has 0 radical (unpaired) electrons. The quantitative estimate of drug-likeness (QED) is 0.643. The van der Waals surface area contributed by atoms with Crippen molar-refractivity contribution in [3.8, 4) is 0 Å². The van der Waals surface area contributed by atoms with Gasteiger partial charge in [0, 0.05) is 13.1 Å². The summed E-state index contributed by atoms with van der Waals surface area (Å²) < 4.78 is 0. The van der Waals surface area contributed by atoms with Crippen LogP contribution in [0.4, 0.5) is 0 Å². The van der Waals surface area contributed by atoms with E-state index < -0.39 is 5.54 Å². The van der Waals surface area contributed by atoms with E-state index in [1.54, 1.807) is 30.9 Å². The van der Waals surface area contributed by atoms with Gasteiger partial charge in [0.05, 0.1) is 5.54 Å². The maximum atomic E-state index is 11.6. The smallest absolute Gasteiger partial charge is 0.242 e. The monoisotopic (exact) mass is 182 g/mol. The summed E-state index contributed by atoms with van der Waals surface area (Å²) in [6, 6.07) is 0. The lowest BCUT2D eigenvalue weighted by atomic mass is 10.1. The molecule has 2 N–H and O–H groups in total. The van der Waals surface area contributed by atoms with Crippen LogP contribution in [0.3, 0.4) is 0 Å². The van der Waals surface area contributed by atoms with Gasteiger partial charge in [-0.15, -0.1) is 13.2 Å². The predicted molar refractivity (Wildman–Crippen MR) is 55.2 cm³/mol. The highest BCUT2D eigenvalue weighted by Crippen LogP contribution is 2.04. The number of hydrogen-bond acceptors (Lipinski definition) is 2. The molecule has 0 aliphatic rings. The third-order valence-corrected chi connectivity index (χ3v) is 1.54. The lowest BCUT2D eigenvalue weighted by molar-refractivity contribution is -0.134. The summed E-state index contributed by atoms with van der Waals surface area (Å²) in [4.78, 5) is 13.3. The lowest BCUT2D eigenvalue weighted by Crippen LogP contribution is -2.51. The van der Waals surface area contributed by atoms with Gasteiger partial charge in [-0.25, -0.2) is 0 Å². The van der Waals surface area contributed by atoms with Gasteiger partial charge in [-0.05, 0) is 13.8 Å². The first-order chi connectivity index (χ1) is 5.93. The molecule has 0 aromatic rings. The number of rotatable bonds is 5. The molecule has 0 atom stereocenters. The third kappa shape index (κ3) is 3.90. The largest absolute Gasteiger partial charge is 0.334 e. The third-order valence-electron chi connectivity index (χ3n) is 1.54. The maximum Gasteiger partial charge on any atom is 0.242 e. The summed E-state index contributed by atoms with van der Waals surface area (Å²) in [7, 11) is 0. The van der Waals surface area contributed by atoms with Crippen LogP contribution in [-0.4, -0.2) is 29.4 Å². The molecule has 0 aliphatic carbocycles. The Kier molecular flexibility index (Phi) is 4.42. The number of carbonyl (C=O) groups excluding carboxylic acids is 1. The first-order valence-corrected chi connectivity index (χ1v) is 4.23. The van der Waals surface area contributed by atoms with Gasteiger partial charge >= 0.3 is 0 Å². The van der Waals surface area contributed by atoms with Crippen LogP contribution in [-0.2, 0) is 4.79 Å². The fourth-order valence-electron chi connectivity index (χ4n) is 0.960. The Bertz CT molecular complexity index is 193. The molecule has 1 amide bonds. The molecule has 0 saturated heterocycles. The molecule has 0 aliphatic heterocycles. The van der Waals surface area contributed by atoms with Gasteiger partial charge in [-0.2, -0.15) is 0 Å². The fraction of sp³-hybridized carbons (Fsp3) is 0.500. The highest BCUT2D eigenvalue weighted by Gasteiger charge is 2.26. The van der Waals surface area contributed by atoms with Crippen molar-refractivity contribution in [1.29, 1.82) is 0 Å². The Labute approximate surface area is 79.9 Å². The number of amides is 1. The summed E-state index contributed by atoms with van der Waals surface area (Å²) in [5.74, 6) is -0.0905. The van der Waals surface area contributed by atoms with Crippen LogP contribution in [0.25, 0.3) is 0 Å². The van der Waals surface area contributed by atoms with E-state index in [0.717, 1.165) is 0 Å². The molecule has 3 heteroatoms. The number of hydrogen-bond donors (Lipinski definition) is 1. The molecule has 0 rings (SSSR count). The van der Waals surface area contributed by atoms with Gasteiger partial charge in [0.25, 0.3) is 0 Å². The van der Waals surface area contributed by atoms with Crippen molar-refractivity contribution in [2.45, 2.75) is 19.4 Å². The summed E-state index contributed by atoms with van der Waals surface area (Å²) in [6.45, 7) is 11.5. The fourth-order valence-corrected chi connectivity index (χ4v) is 0.960. The summed E-state index contributed by atoms with van der Waals surface area (Å²) in [6.07, 6.45) is 3.35. The van der Waals surface area contributed by atoms with Crippen molar-refractivity contribution in [2.75, 3.05) is 13.1 Å². The van der Waals surface area contributed by atoms with Crippen LogP contribution in [0.2, 0.25) is 0 Å². The second-order valence-corrected chi connectivity index (χ2v) is 3.51. The molecule has 0 fully saturated rings. The summed E-state index contributed by atoms with van der Waals surface area (Å²) >= 11 is 0. The average Bonchev–Trinajstić information content (AvgIpc) is 2.01. The van der Waals surface area contributed by atoms with Crippen LogP contribution in [0, 0.1) is 0 Å². The van der Waals surface area contributed by atoms with Crippen LogP contribution in [0.5, 0.6) is 0 Å². The molecule has 74 valence electrons. The highest BCUT2D eigenvalue weighted by atomic mass is 16.2. The minimum Gasteiger partial charge on any atom is -0.334 e. The zero-order valence-electron chi connectivity index (χ0n) is 8.42. The highest BCUT2D eigenvalue weighted by molar-refractivity contribution is 5.85.